The third-order valence-corrected chi connectivity index (χ3v) is 4.38. The zero-order valence-corrected chi connectivity index (χ0v) is 13.5. The van der Waals surface area contributed by atoms with Crippen molar-refractivity contribution in [2.24, 2.45) is 0 Å². The minimum atomic E-state index is 0.770. The summed E-state index contributed by atoms with van der Waals surface area (Å²) >= 11 is 0. The fraction of sp³-hybridized carbons (Fsp3) is 1.00. The molecule has 3 nitrogen and oxygen atoms in total. The second-order valence-electron chi connectivity index (χ2n) is 5.95. The molecule has 0 amide bonds. The average molecular weight is 269 g/mol. The number of rotatable bonds is 10. The smallest absolute Gasteiger partial charge is 0.0113 e. The number of nitrogens with zero attached hydrogens (tertiary/aromatic N) is 2. The van der Waals surface area contributed by atoms with Crippen molar-refractivity contribution in [2.45, 2.75) is 58.9 Å². The van der Waals surface area contributed by atoms with E-state index < -0.39 is 0 Å². The van der Waals surface area contributed by atoms with Gasteiger partial charge in [0, 0.05) is 32.2 Å². The molecule has 3 heteroatoms. The SMILES string of the molecule is CCCNCCCCCN1CCN(C(C)CC)CC1. The molecule has 1 unspecified atom stereocenters. The summed E-state index contributed by atoms with van der Waals surface area (Å²) in [6.45, 7) is 15.7. The molecule has 0 aromatic rings. The molecule has 1 heterocycles. The number of hydrogen-bond acceptors (Lipinski definition) is 3. The van der Waals surface area contributed by atoms with Gasteiger partial charge in [0.25, 0.3) is 0 Å². The molecule has 0 bridgehead atoms. The average Bonchev–Trinajstić information content (AvgIpc) is 2.46. The lowest BCUT2D eigenvalue weighted by atomic mass is 10.1. The van der Waals surface area contributed by atoms with Gasteiger partial charge in [-0.3, -0.25) is 4.90 Å². The Bertz CT molecular complexity index is 200. The van der Waals surface area contributed by atoms with Crippen LogP contribution < -0.4 is 5.32 Å². The summed E-state index contributed by atoms with van der Waals surface area (Å²) in [5, 5.41) is 3.48. The molecule has 0 spiro atoms. The molecule has 0 saturated carbocycles. The Morgan fingerprint density at radius 3 is 2.32 bits per heavy atom. The highest BCUT2D eigenvalue weighted by Crippen LogP contribution is 2.09. The van der Waals surface area contributed by atoms with E-state index in [0.717, 1.165) is 6.04 Å². The molecule has 0 aromatic carbocycles. The molecule has 1 rings (SSSR count). The molecule has 1 N–H and O–H groups in total. The Morgan fingerprint density at radius 1 is 0.947 bits per heavy atom. The van der Waals surface area contributed by atoms with Gasteiger partial charge in [0.05, 0.1) is 0 Å². The monoisotopic (exact) mass is 269 g/mol. The predicted molar refractivity (Wildman–Crippen MR) is 84.8 cm³/mol. The summed E-state index contributed by atoms with van der Waals surface area (Å²) in [4.78, 5) is 5.30. The number of unbranched alkanes of at least 4 members (excludes halogenated alkanes) is 2. The maximum absolute atomic E-state index is 3.48. The first kappa shape index (κ1) is 16.9. The largest absolute Gasteiger partial charge is 0.317 e. The molecule has 1 atom stereocenters. The van der Waals surface area contributed by atoms with Gasteiger partial charge >= 0.3 is 0 Å². The van der Waals surface area contributed by atoms with Crippen LogP contribution in [0.1, 0.15) is 52.9 Å². The lowest BCUT2D eigenvalue weighted by Crippen LogP contribution is -2.49. The Morgan fingerprint density at radius 2 is 1.68 bits per heavy atom. The van der Waals surface area contributed by atoms with Gasteiger partial charge in [-0.2, -0.15) is 0 Å². The summed E-state index contributed by atoms with van der Waals surface area (Å²) in [6.07, 6.45) is 6.62. The standard InChI is InChI=1S/C16H35N3/c1-4-9-17-10-7-6-8-11-18-12-14-19(15-13-18)16(3)5-2/h16-17H,4-15H2,1-3H3. The Hall–Kier alpha value is -0.120. The van der Waals surface area contributed by atoms with Crippen molar-refractivity contribution in [1.82, 2.24) is 15.1 Å². The predicted octanol–water partition coefficient (Wildman–Crippen LogP) is 2.57. The first-order chi connectivity index (χ1) is 9.27. The minimum Gasteiger partial charge on any atom is -0.317 e. The van der Waals surface area contributed by atoms with Gasteiger partial charge in [-0.25, -0.2) is 0 Å². The quantitative estimate of drug-likeness (QED) is 0.615. The summed E-state index contributed by atoms with van der Waals surface area (Å²) in [6, 6.07) is 0.770. The van der Waals surface area contributed by atoms with Gasteiger partial charge < -0.3 is 10.2 Å². The van der Waals surface area contributed by atoms with Gasteiger partial charge in [0.2, 0.25) is 0 Å². The van der Waals surface area contributed by atoms with Crippen molar-refractivity contribution in [3.8, 4) is 0 Å². The molecule has 1 fully saturated rings. The normalized spacial score (nSPS) is 19.7. The molecule has 0 aliphatic carbocycles. The maximum atomic E-state index is 3.48. The maximum Gasteiger partial charge on any atom is 0.0113 e. The fourth-order valence-electron chi connectivity index (χ4n) is 2.75. The van der Waals surface area contributed by atoms with E-state index in [0.29, 0.717) is 0 Å². The molecule has 1 aliphatic heterocycles. The summed E-state index contributed by atoms with van der Waals surface area (Å²) < 4.78 is 0. The van der Waals surface area contributed by atoms with E-state index >= 15 is 0 Å². The van der Waals surface area contributed by atoms with Gasteiger partial charge in [0.15, 0.2) is 0 Å². The van der Waals surface area contributed by atoms with Crippen LogP contribution in [0.5, 0.6) is 0 Å². The van der Waals surface area contributed by atoms with Crippen molar-refractivity contribution in [3.05, 3.63) is 0 Å². The van der Waals surface area contributed by atoms with Gasteiger partial charge in [-0.1, -0.05) is 20.3 Å². The Labute approximate surface area is 120 Å². The fourth-order valence-corrected chi connectivity index (χ4v) is 2.75. The number of nitrogens with one attached hydrogen (secondary N) is 1. The van der Waals surface area contributed by atoms with E-state index in [2.05, 4.69) is 35.9 Å². The lowest BCUT2D eigenvalue weighted by molar-refractivity contribution is 0.0995. The Kier molecular flexibility index (Phi) is 9.48. The van der Waals surface area contributed by atoms with Crippen LogP contribution in [0.25, 0.3) is 0 Å². The van der Waals surface area contributed by atoms with Crippen LogP contribution in [0.4, 0.5) is 0 Å². The lowest BCUT2D eigenvalue weighted by Gasteiger charge is -2.37. The van der Waals surface area contributed by atoms with Gasteiger partial charge in [0.1, 0.15) is 0 Å². The van der Waals surface area contributed by atoms with Crippen LogP contribution in [0, 0.1) is 0 Å². The van der Waals surface area contributed by atoms with E-state index in [1.165, 1.54) is 77.9 Å². The van der Waals surface area contributed by atoms with Crippen molar-refractivity contribution in [1.29, 1.82) is 0 Å². The molecular weight excluding hydrogens is 234 g/mol. The second kappa shape index (κ2) is 10.6. The molecule has 0 aromatic heterocycles. The zero-order valence-electron chi connectivity index (χ0n) is 13.5. The van der Waals surface area contributed by atoms with Crippen LogP contribution in [0.15, 0.2) is 0 Å². The molecule has 1 saturated heterocycles. The van der Waals surface area contributed by atoms with Crippen LogP contribution in [-0.2, 0) is 0 Å². The van der Waals surface area contributed by atoms with E-state index in [-0.39, 0.29) is 0 Å². The summed E-state index contributed by atoms with van der Waals surface area (Å²) in [7, 11) is 0. The zero-order chi connectivity index (χ0) is 13.9. The Balaban J connectivity index is 1.95. The first-order valence-corrected chi connectivity index (χ1v) is 8.45. The highest BCUT2D eigenvalue weighted by molar-refractivity contribution is 4.75. The summed E-state index contributed by atoms with van der Waals surface area (Å²) in [5.41, 5.74) is 0. The van der Waals surface area contributed by atoms with Crippen LogP contribution >= 0.6 is 0 Å². The highest BCUT2D eigenvalue weighted by Gasteiger charge is 2.19. The van der Waals surface area contributed by atoms with Crippen LogP contribution in [-0.4, -0.2) is 61.7 Å². The van der Waals surface area contributed by atoms with E-state index in [1.807, 2.05) is 0 Å². The van der Waals surface area contributed by atoms with E-state index in [9.17, 15) is 0 Å². The molecule has 114 valence electrons. The van der Waals surface area contributed by atoms with Gasteiger partial charge in [-0.15, -0.1) is 0 Å². The molecule has 0 radical (unpaired) electrons. The highest BCUT2D eigenvalue weighted by atomic mass is 15.3. The minimum absolute atomic E-state index is 0.770. The van der Waals surface area contributed by atoms with Crippen molar-refractivity contribution < 1.29 is 0 Å². The van der Waals surface area contributed by atoms with E-state index in [4.69, 9.17) is 0 Å². The van der Waals surface area contributed by atoms with E-state index in [1.54, 1.807) is 0 Å². The first-order valence-electron chi connectivity index (χ1n) is 8.45. The van der Waals surface area contributed by atoms with Crippen LogP contribution in [0.2, 0.25) is 0 Å². The summed E-state index contributed by atoms with van der Waals surface area (Å²) in [5.74, 6) is 0. The van der Waals surface area contributed by atoms with Crippen molar-refractivity contribution in [2.75, 3.05) is 45.8 Å². The number of hydrogen-bond donors (Lipinski definition) is 1. The second-order valence-corrected chi connectivity index (χ2v) is 5.95. The molecular formula is C16H35N3. The number of piperazine rings is 1. The molecule has 19 heavy (non-hydrogen) atoms. The third-order valence-electron chi connectivity index (χ3n) is 4.38. The van der Waals surface area contributed by atoms with Crippen molar-refractivity contribution in [3.63, 3.8) is 0 Å². The van der Waals surface area contributed by atoms with Crippen molar-refractivity contribution >= 4 is 0 Å². The van der Waals surface area contributed by atoms with Crippen LogP contribution in [0.3, 0.4) is 0 Å². The topological polar surface area (TPSA) is 18.5 Å². The van der Waals surface area contributed by atoms with Gasteiger partial charge in [-0.05, 0) is 52.2 Å². The molecule has 1 aliphatic rings. The third kappa shape index (κ3) is 7.28.